The number of carbonyl (C=O) groups is 2. The minimum atomic E-state index is -0.781. The second-order valence-corrected chi connectivity index (χ2v) is 3.81. The molecule has 0 bridgehead atoms. The number of hydrogen-bond acceptors (Lipinski definition) is 6. The van der Waals surface area contributed by atoms with Gasteiger partial charge in [-0.15, -0.1) is 0 Å². The number of ether oxygens (including phenoxy) is 4. The van der Waals surface area contributed by atoms with Gasteiger partial charge in [-0.05, 0) is 6.42 Å². The molecule has 0 aromatic rings. The zero-order valence-corrected chi connectivity index (χ0v) is 11.8. The number of rotatable bonds is 11. The predicted octanol–water partition coefficient (Wildman–Crippen LogP) is -0.266. The first kappa shape index (κ1) is 17.8. The number of hydrogen-bond donors (Lipinski definition) is 1. The van der Waals surface area contributed by atoms with E-state index in [2.05, 4.69) is 10.1 Å². The van der Waals surface area contributed by atoms with Crippen LogP contribution < -0.4 is 5.32 Å². The van der Waals surface area contributed by atoms with Crippen molar-refractivity contribution in [3.63, 3.8) is 0 Å². The van der Waals surface area contributed by atoms with Gasteiger partial charge >= 0.3 is 5.97 Å². The molecule has 0 spiro atoms. The van der Waals surface area contributed by atoms with Gasteiger partial charge in [0.1, 0.15) is 0 Å². The SMILES string of the molecule is COCCCOCCOCC(NC(C)=O)C(=O)OC. The van der Waals surface area contributed by atoms with Crippen LogP contribution in [0.4, 0.5) is 0 Å². The molecule has 0 heterocycles. The Morgan fingerprint density at radius 3 is 2.32 bits per heavy atom. The van der Waals surface area contributed by atoms with Crippen LogP contribution in [0.1, 0.15) is 13.3 Å². The average Bonchev–Trinajstić information content (AvgIpc) is 2.39. The Hall–Kier alpha value is -1.18. The first-order valence-electron chi connectivity index (χ1n) is 6.11. The molecule has 0 saturated carbocycles. The van der Waals surface area contributed by atoms with E-state index < -0.39 is 12.0 Å². The largest absolute Gasteiger partial charge is 0.467 e. The van der Waals surface area contributed by atoms with Gasteiger partial charge in [0.15, 0.2) is 6.04 Å². The molecular weight excluding hydrogens is 254 g/mol. The van der Waals surface area contributed by atoms with E-state index in [1.54, 1.807) is 7.11 Å². The van der Waals surface area contributed by atoms with Gasteiger partial charge in [-0.1, -0.05) is 0 Å². The fourth-order valence-electron chi connectivity index (χ4n) is 1.28. The maximum atomic E-state index is 11.3. The van der Waals surface area contributed by atoms with Crippen LogP contribution in [0.5, 0.6) is 0 Å². The normalized spacial score (nSPS) is 11.9. The molecule has 0 aliphatic heterocycles. The highest BCUT2D eigenvalue weighted by molar-refractivity contribution is 5.83. The van der Waals surface area contributed by atoms with Crippen molar-refractivity contribution in [2.45, 2.75) is 19.4 Å². The van der Waals surface area contributed by atoms with Crippen LogP contribution in [0.25, 0.3) is 0 Å². The summed E-state index contributed by atoms with van der Waals surface area (Å²) in [5.74, 6) is -0.842. The lowest BCUT2D eigenvalue weighted by atomic mass is 10.3. The van der Waals surface area contributed by atoms with E-state index >= 15 is 0 Å². The summed E-state index contributed by atoms with van der Waals surface area (Å²) in [6.07, 6.45) is 0.827. The maximum absolute atomic E-state index is 11.3. The molecule has 0 radical (unpaired) electrons. The molecule has 1 unspecified atom stereocenters. The Morgan fingerprint density at radius 2 is 1.74 bits per heavy atom. The standard InChI is InChI=1S/C12H23NO6/c1-10(14)13-11(12(15)17-3)9-19-8-7-18-6-4-5-16-2/h11H,4-9H2,1-3H3,(H,13,14). The zero-order chi connectivity index (χ0) is 14.5. The average molecular weight is 277 g/mol. The van der Waals surface area contributed by atoms with Crippen molar-refractivity contribution in [1.82, 2.24) is 5.32 Å². The lowest BCUT2D eigenvalue weighted by Crippen LogP contribution is -2.43. The minimum absolute atomic E-state index is 0.0632. The summed E-state index contributed by atoms with van der Waals surface area (Å²) < 4.78 is 20.0. The van der Waals surface area contributed by atoms with E-state index in [1.165, 1.54) is 14.0 Å². The Bertz CT molecular complexity index is 259. The predicted molar refractivity (Wildman–Crippen MR) is 67.8 cm³/mol. The van der Waals surface area contributed by atoms with Gasteiger partial charge < -0.3 is 24.3 Å². The van der Waals surface area contributed by atoms with Gasteiger partial charge in [0.25, 0.3) is 0 Å². The Balaban J connectivity index is 3.63. The molecule has 7 heteroatoms. The molecule has 19 heavy (non-hydrogen) atoms. The quantitative estimate of drug-likeness (QED) is 0.413. The van der Waals surface area contributed by atoms with Crippen molar-refractivity contribution < 1.29 is 28.5 Å². The number of carbonyl (C=O) groups excluding carboxylic acids is 2. The molecule has 7 nitrogen and oxygen atoms in total. The molecule has 0 aliphatic carbocycles. The summed E-state index contributed by atoms with van der Waals surface area (Å²) in [5.41, 5.74) is 0. The molecule has 0 fully saturated rings. The van der Waals surface area contributed by atoms with Crippen molar-refractivity contribution in [1.29, 1.82) is 0 Å². The molecular formula is C12H23NO6. The summed E-state index contributed by atoms with van der Waals surface area (Å²) in [6, 6.07) is -0.781. The van der Waals surface area contributed by atoms with Crippen LogP contribution >= 0.6 is 0 Å². The Morgan fingerprint density at radius 1 is 1.05 bits per heavy atom. The number of amides is 1. The third-order valence-electron chi connectivity index (χ3n) is 2.16. The van der Waals surface area contributed by atoms with E-state index in [9.17, 15) is 9.59 Å². The van der Waals surface area contributed by atoms with Gasteiger partial charge in [-0.2, -0.15) is 0 Å². The van der Waals surface area contributed by atoms with Gasteiger partial charge in [0.2, 0.25) is 5.91 Å². The highest BCUT2D eigenvalue weighted by atomic mass is 16.5. The lowest BCUT2D eigenvalue weighted by molar-refractivity contribution is -0.146. The van der Waals surface area contributed by atoms with Crippen LogP contribution in [0.15, 0.2) is 0 Å². The van der Waals surface area contributed by atoms with Crippen LogP contribution in [0.3, 0.4) is 0 Å². The maximum Gasteiger partial charge on any atom is 0.330 e. The summed E-state index contributed by atoms with van der Waals surface area (Å²) >= 11 is 0. The fraction of sp³-hybridized carbons (Fsp3) is 0.833. The minimum Gasteiger partial charge on any atom is -0.467 e. The summed E-state index contributed by atoms with van der Waals surface area (Å²) in [4.78, 5) is 22.2. The van der Waals surface area contributed by atoms with E-state index in [1.807, 2.05) is 0 Å². The monoisotopic (exact) mass is 277 g/mol. The van der Waals surface area contributed by atoms with E-state index in [0.29, 0.717) is 26.4 Å². The molecule has 0 rings (SSSR count). The fourth-order valence-corrected chi connectivity index (χ4v) is 1.28. The second-order valence-electron chi connectivity index (χ2n) is 3.81. The van der Waals surface area contributed by atoms with Gasteiger partial charge in [-0.25, -0.2) is 4.79 Å². The molecule has 1 N–H and O–H groups in total. The summed E-state index contributed by atoms with van der Waals surface area (Å²) in [6.45, 7) is 3.43. The van der Waals surface area contributed by atoms with Crippen molar-refractivity contribution in [2.75, 3.05) is 47.3 Å². The van der Waals surface area contributed by atoms with Crippen molar-refractivity contribution >= 4 is 11.9 Å². The molecule has 112 valence electrons. The van der Waals surface area contributed by atoms with Gasteiger partial charge in [-0.3, -0.25) is 4.79 Å². The molecule has 0 aromatic heterocycles. The molecule has 0 aromatic carbocycles. The van der Waals surface area contributed by atoms with Crippen molar-refractivity contribution in [3.05, 3.63) is 0 Å². The van der Waals surface area contributed by atoms with Crippen molar-refractivity contribution in [3.8, 4) is 0 Å². The zero-order valence-electron chi connectivity index (χ0n) is 11.8. The third kappa shape index (κ3) is 10.4. The number of esters is 1. The molecule has 1 atom stereocenters. The topological polar surface area (TPSA) is 83.1 Å². The first-order chi connectivity index (χ1) is 9.11. The summed E-state index contributed by atoms with van der Waals surface area (Å²) in [5, 5.41) is 2.45. The van der Waals surface area contributed by atoms with Gasteiger partial charge in [0.05, 0.1) is 26.9 Å². The van der Waals surface area contributed by atoms with Crippen LogP contribution in [0, 0.1) is 0 Å². The van der Waals surface area contributed by atoms with E-state index in [4.69, 9.17) is 14.2 Å². The number of nitrogens with one attached hydrogen (secondary N) is 1. The summed E-state index contributed by atoms with van der Waals surface area (Å²) in [7, 11) is 2.90. The molecule has 0 saturated heterocycles. The Labute approximate surface area is 113 Å². The number of methoxy groups -OCH3 is 2. The first-order valence-corrected chi connectivity index (χ1v) is 6.11. The Kier molecular flexibility index (Phi) is 11.1. The molecule has 0 aliphatic rings. The highest BCUT2D eigenvalue weighted by Crippen LogP contribution is 1.91. The van der Waals surface area contributed by atoms with Crippen molar-refractivity contribution in [2.24, 2.45) is 0 Å². The van der Waals surface area contributed by atoms with E-state index in [-0.39, 0.29) is 12.5 Å². The second kappa shape index (κ2) is 11.9. The van der Waals surface area contributed by atoms with Crippen LogP contribution in [-0.4, -0.2) is 65.2 Å². The van der Waals surface area contributed by atoms with Crippen LogP contribution in [0.2, 0.25) is 0 Å². The van der Waals surface area contributed by atoms with Gasteiger partial charge in [0, 0.05) is 27.2 Å². The van der Waals surface area contributed by atoms with E-state index in [0.717, 1.165) is 6.42 Å². The molecule has 1 amide bonds. The third-order valence-corrected chi connectivity index (χ3v) is 2.16. The lowest BCUT2D eigenvalue weighted by Gasteiger charge is -2.15. The van der Waals surface area contributed by atoms with Crippen LogP contribution in [-0.2, 0) is 28.5 Å². The smallest absolute Gasteiger partial charge is 0.330 e. The highest BCUT2D eigenvalue weighted by Gasteiger charge is 2.19.